The molecule has 1 aromatic rings. The molecule has 112 valence electrons. The smallest absolute Gasteiger partial charge is 0.216 e. The third-order valence-corrected chi connectivity index (χ3v) is 3.70. The van der Waals surface area contributed by atoms with Crippen LogP contribution in [0.25, 0.3) is 0 Å². The van der Waals surface area contributed by atoms with Crippen molar-refractivity contribution in [2.45, 2.75) is 31.9 Å². The number of carbonyl (C=O) groups is 1. The van der Waals surface area contributed by atoms with Crippen molar-refractivity contribution in [2.24, 2.45) is 0 Å². The Morgan fingerprint density at radius 3 is 2.90 bits per heavy atom. The average molecular weight is 281 g/mol. The zero-order chi connectivity index (χ0) is 14.8. The summed E-state index contributed by atoms with van der Waals surface area (Å²) in [5.74, 6) is 0.480. The topological polar surface area (TPSA) is 56.6 Å². The molecular formula is C14H23N3O3. The fourth-order valence-corrected chi connectivity index (χ4v) is 2.42. The van der Waals surface area contributed by atoms with Gasteiger partial charge in [0.25, 0.3) is 0 Å². The Hall–Kier alpha value is -1.40. The number of Topliss-reactive ketones (excluding diaryl/α,β-unsaturated/α-hetero) is 1. The number of likely N-dealkylation sites (N-methyl/N-ethyl adjacent to an activating group) is 1. The summed E-state index contributed by atoms with van der Waals surface area (Å²) in [4.78, 5) is 14.8. The maximum Gasteiger partial charge on any atom is 0.216 e. The number of ketones is 1. The first-order valence-electron chi connectivity index (χ1n) is 6.91. The number of ether oxygens (including phenoxy) is 2. The van der Waals surface area contributed by atoms with E-state index in [0.29, 0.717) is 24.6 Å². The molecule has 0 spiro atoms. The van der Waals surface area contributed by atoms with Gasteiger partial charge in [0, 0.05) is 13.2 Å². The molecule has 1 atom stereocenters. The quantitative estimate of drug-likeness (QED) is 0.734. The van der Waals surface area contributed by atoms with E-state index in [0.717, 1.165) is 19.4 Å². The van der Waals surface area contributed by atoms with Crippen LogP contribution in [-0.2, 0) is 11.3 Å². The lowest BCUT2D eigenvalue weighted by molar-refractivity contribution is 0.0201. The van der Waals surface area contributed by atoms with Gasteiger partial charge < -0.3 is 14.4 Å². The molecule has 2 heterocycles. The summed E-state index contributed by atoms with van der Waals surface area (Å²) in [6, 6.07) is 0. The number of carbonyl (C=O) groups excluding carboxylic acids is 1. The predicted molar refractivity (Wildman–Crippen MR) is 75.3 cm³/mol. The van der Waals surface area contributed by atoms with Gasteiger partial charge in [-0.15, -0.1) is 0 Å². The van der Waals surface area contributed by atoms with Gasteiger partial charge in [0.15, 0.2) is 5.75 Å². The second kappa shape index (κ2) is 5.93. The van der Waals surface area contributed by atoms with Crippen molar-refractivity contribution in [3.8, 4) is 5.75 Å². The van der Waals surface area contributed by atoms with Crippen LogP contribution in [0.2, 0.25) is 0 Å². The highest BCUT2D eigenvalue weighted by atomic mass is 16.5. The van der Waals surface area contributed by atoms with Crippen LogP contribution in [-0.4, -0.2) is 60.4 Å². The Morgan fingerprint density at radius 1 is 1.60 bits per heavy atom. The van der Waals surface area contributed by atoms with Gasteiger partial charge in [0.1, 0.15) is 11.3 Å². The summed E-state index contributed by atoms with van der Waals surface area (Å²) in [6.45, 7) is 3.94. The van der Waals surface area contributed by atoms with E-state index in [1.807, 2.05) is 21.0 Å². The zero-order valence-corrected chi connectivity index (χ0v) is 12.7. The van der Waals surface area contributed by atoms with E-state index in [-0.39, 0.29) is 5.78 Å². The molecule has 0 aromatic carbocycles. The maximum absolute atomic E-state index is 12.8. The van der Waals surface area contributed by atoms with Gasteiger partial charge >= 0.3 is 0 Å². The van der Waals surface area contributed by atoms with Crippen molar-refractivity contribution in [3.63, 3.8) is 0 Å². The number of rotatable bonds is 6. The molecule has 1 fully saturated rings. The van der Waals surface area contributed by atoms with Crippen LogP contribution >= 0.6 is 0 Å². The molecule has 0 N–H and O–H groups in total. The standard InChI is InChI=1S/C14H23N3O3/c1-14(6-5-9-20-14)13(18)12-11(19-4)10-15-17(12)8-7-16(2)3/h10H,5-9H2,1-4H3. The largest absolute Gasteiger partial charge is 0.493 e. The Morgan fingerprint density at radius 2 is 2.35 bits per heavy atom. The van der Waals surface area contributed by atoms with Crippen molar-refractivity contribution in [1.82, 2.24) is 14.7 Å². The van der Waals surface area contributed by atoms with Crippen LogP contribution in [0.4, 0.5) is 0 Å². The third-order valence-electron chi connectivity index (χ3n) is 3.70. The molecule has 6 heteroatoms. The lowest BCUT2D eigenvalue weighted by Gasteiger charge is -2.22. The van der Waals surface area contributed by atoms with Crippen LogP contribution in [0, 0.1) is 0 Å². The number of aromatic nitrogens is 2. The Labute approximate surface area is 119 Å². The van der Waals surface area contributed by atoms with E-state index in [4.69, 9.17) is 9.47 Å². The van der Waals surface area contributed by atoms with Crippen LogP contribution in [0.15, 0.2) is 6.20 Å². The molecule has 1 aromatic heterocycles. The SMILES string of the molecule is COc1cnn(CCN(C)C)c1C(=O)C1(C)CCCO1. The molecule has 2 rings (SSSR count). The minimum Gasteiger partial charge on any atom is -0.493 e. The molecule has 0 amide bonds. The minimum absolute atomic E-state index is 0.0388. The monoisotopic (exact) mass is 281 g/mol. The number of hydrogen-bond acceptors (Lipinski definition) is 5. The number of methoxy groups -OCH3 is 1. The second-order valence-electron chi connectivity index (χ2n) is 5.60. The molecule has 0 aliphatic carbocycles. The van der Waals surface area contributed by atoms with Gasteiger partial charge in [-0.05, 0) is 33.9 Å². The molecule has 0 saturated carbocycles. The molecule has 6 nitrogen and oxygen atoms in total. The van der Waals surface area contributed by atoms with E-state index in [9.17, 15) is 4.79 Å². The molecule has 0 bridgehead atoms. The van der Waals surface area contributed by atoms with Gasteiger partial charge in [-0.25, -0.2) is 0 Å². The number of hydrogen-bond donors (Lipinski definition) is 0. The van der Waals surface area contributed by atoms with Gasteiger partial charge in [-0.2, -0.15) is 5.10 Å². The van der Waals surface area contributed by atoms with Crippen LogP contribution in [0.1, 0.15) is 30.3 Å². The van der Waals surface area contributed by atoms with E-state index in [2.05, 4.69) is 10.00 Å². The summed E-state index contributed by atoms with van der Waals surface area (Å²) >= 11 is 0. The van der Waals surface area contributed by atoms with E-state index in [1.54, 1.807) is 18.0 Å². The number of nitrogens with zero attached hydrogens (tertiary/aromatic N) is 3. The molecule has 1 aliphatic heterocycles. The van der Waals surface area contributed by atoms with Gasteiger partial charge in [0.05, 0.1) is 19.9 Å². The summed E-state index contributed by atoms with van der Waals surface area (Å²) in [5.41, 5.74) is -0.234. The molecule has 1 aliphatic rings. The first-order valence-corrected chi connectivity index (χ1v) is 6.91. The van der Waals surface area contributed by atoms with Crippen molar-refractivity contribution in [3.05, 3.63) is 11.9 Å². The second-order valence-corrected chi connectivity index (χ2v) is 5.60. The first-order chi connectivity index (χ1) is 9.48. The fraction of sp³-hybridized carbons (Fsp3) is 0.714. The fourth-order valence-electron chi connectivity index (χ4n) is 2.42. The highest BCUT2D eigenvalue weighted by Crippen LogP contribution is 2.32. The highest BCUT2D eigenvalue weighted by molar-refractivity contribution is 6.03. The van der Waals surface area contributed by atoms with Crippen LogP contribution in [0.5, 0.6) is 5.75 Å². The average Bonchev–Trinajstić information content (AvgIpc) is 3.02. The molecule has 1 unspecified atom stereocenters. The molecule has 0 radical (unpaired) electrons. The van der Waals surface area contributed by atoms with Crippen molar-refractivity contribution in [2.75, 3.05) is 34.4 Å². The van der Waals surface area contributed by atoms with Crippen LogP contribution in [0.3, 0.4) is 0 Å². The van der Waals surface area contributed by atoms with Crippen molar-refractivity contribution >= 4 is 5.78 Å². The highest BCUT2D eigenvalue weighted by Gasteiger charge is 2.41. The third kappa shape index (κ3) is 2.86. The Bertz CT molecular complexity index is 476. The molecular weight excluding hydrogens is 258 g/mol. The summed E-state index contributed by atoms with van der Waals surface area (Å²) in [6.07, 6.45) is 3.26. The summed E-state index contributed by atoms with van der Waals surface area (Å²) in [5, 5.41) is 4.27. The maximum atomic E-state index is 12.8. The minimum atomic E-state index is -0.747. The molecule has 20 heavy (non-hydrogen) atoms. The Balaban J connectivity index is 2.28. The zero-order valence-electron chi connectivity index (χ0n) is 12.7. The summed E-state index contributed by atoms with van der Waals surface area (Å²) in [7, 11) is 5.54. The van der Waals surface area contributed by atoms with Crippen molar-refractivity contribution < 1.29 is 14.3 Å². The van der Waals surface area contributed by atoms with E-state index >= 15 is 0 Å². The Kier molecular flexibility index (Phi) is 4.45. The lowest BCUT2D eigenvalue weighted by atomic mass is 9.94. The van der Waals surface area contributed by atoms with E-state index in [1.165, 1.54) is 0 Å². The lowest BCUT2D eigenvalue weighted by Crippen LogP contribution is -2.36. The van der Waals surface area contributed by atoms with Crippen molar-refractivity contribution in [1.29, 1.82) is 0 Å². The molecule has 1 saturated heterocycles. The van der Waals surface area contributed by atoms with Gasteiger partial charge in [-0.3, -0.25) is 9.48 Å². The van der Waals surface area contributed by atoms with Crippen LogP contribution < -0.4 is 4.74 Å². The van der Waals surface area contributed by atoms with Gasteiger partial charge in [-0.1, -0.05) is 0 Å². The summed E-state index contributed by atoms with van der Waals surface area (Å²) < 4.78 is 12.7. The normalized spacial score (nSPS) is 22.4. The predicted octanol–water partition coefficient (Wildman–Crippen LogP) is 1.21. The van der Waals surface area contributed by atoms with Gasteiger partial charge in [0.2, 0.25) is 5.78 Å². The first kappa shape index (κ1) is 15.0. The van der Waals surface area contributed by atoms with E-state index < -0.39 is 5.60 Å².